The standard InChI is InChI=1S/C21H18ClN3O/c22-18-6-3-7-19(12-18)24-21(26)16-8-9-20(23-13-16)25-11-10-15-4-1-2-5-17(15)14-25/h1-9,12-13H,10-11,14H2,(H,24,26). The van der Waals surface area contributed by atoms with Crippen molar-refractivity contribution >= 4 is 29.0 Å². The van der Waals surface area contributed by atoms with Gasteiger partial charge >= 0.3 is 0 Å². The molecule has 26 heavy (non-hydrogen) atoms. The molecule has 1 aliphatic rings. The molecule has 3 aromatic rings. The average molecular weight is 364 g/mol. The van der Waals surface area contributed by atoms with Crippen molar-refractivity contribution in [1.82, 2.24) is 4.98 Å². The number of aromatic nitrogens is 1. The van der Waals surface area contributed by atoms with Crippen LogP contribution in [-0.4, -0.2) is 17.4 Å². The summed E-state index contributed by atoms with van der Waals surface area (Å²) in [7, 11) is 0. The van der Waals surface area contributed by atoms with Gasteiger partial charge in [-0.15, -0.1) is 0 Å². The smallest absolute Gasteiger partial charge is 0.257 e. The maximum absolute atomic E-state index is 12.4. The van der Waals surface area contributed by atoms with Crippen molar-refractivity contribution in [2.45, 2.75) is 13.0 Å². The lowest BCUT2D eigenvalue weighted by Crippen LogP contribution is -2.31. The van der Waals surface area contributed by atoms with E-state index < -0.39 is 0 Å². The maximum atomic E-state index is 12.4. The summed E-state index contributed by atoms with van der Waals surface area (Å²) in [6.45, 7) is 1.77. The fourth-order valence-electron chi connectivity index (χ4n) is 3.17. The Morgan fingerprint density at radius 2 is 1.88 bits per heavy atom. The van der Waals surface area contributed by atoms with Crippen LogP contribution in [0.3, 0.4) is 0 Å². The van der Waals surface area contributed by atoms with E-state index >= 15 is 0 Å². The normalized spacial score (nSPS) is 13.2. The lowest BCUT2D eigenvalue weighted by molar-refractivity contribution is 0.102. The molecule has 4 rings (SSSR count). The van der Waals surface area contributed by atoms with E-state index in [0.29, 0.717) is 16.3 Å². The minimum absolute atomic E-state index is 0.199. The zero-order chi connectivity index (χ0) is 17.9. The van der Waals surface area contributed by atoms with Crippen LogP contribution in [0.5, 0.6) is 0 Å². The van der Waals surface area contributed by atoms with E-state index in [1.165, 1.54) is 11.1 Å². The van der Waals surface area contributed by atoms with Crippen molar-refractivity contribution in [3.05, 3.63) is 88.6 Å². The number of nitrogens with zero attached hydrogens (tertiary/aromatic N) is 2. The highest BCUT2D eigenvalue weighted by Gasteiger charge is 2.17. The van der Waals surface area contributed by atoms with E-state index in [-0.39, 0.29) is 5.91 Å². The van der Waals surface area contributed by atoms with Crippen molar-refractivity contribution in [2.75, 3.05) is 16.8 Å². The molecule has 2 aromatic carbocycles. The first-order valence-electron chi connectivity index (χ1n) is 8.54. The van der Waals surface area contributed by atoms with Gasteiger partial charge in [0.25, 0.3) is 5.91 Å². The van der Waals surface area contributed by atoms with Crippen LogP contribution in [-0.2, 0) is 13.0 Å². The first-order valence-corrected chi connectivity index (χ1v) is 8.91. The molecule has 0 saturated heterocycles. The molecule has 4 nitrogen and oxygen atoms in total. The molecular formula is C21H18ClN3O. The SMILES string of the molecule is O=C(Nc1cccc(Cl)c1)c1ccc(N2CCc3ccccc3C2)nc1. The molecule has 1 aromatic heterocycles. The monoisotopic (exact) mass is 363 g/mol. The molecule has 1 N–H and O–H groups in total. The quantitative estimate of drug-likeness (QED) is 0.742. The van der Waals surface area contributed by atoms with Crippen molar-refractivity contribution < 1.29 is 4.79 Å². The fraction of sp³-hybridized carbons (Fsp3) is 0.143. The lowest BCUT2D eigenvalue weighted by Gasteiger charge is -2.29. The fourth-order valence-corrected chi connectivity index (χ4v) is 3.36. The molecule has 0 spiro atoms. The lowest BCUT2D eigenvalue weighted by atomic mass is 10.00. The van der Waals surface area contributed by atoms with Crippen molar-refractivity contribution in [3.8, 4) is 0 Å². The minimum atomic E-state index is -0.199. The summed E-state index contributed by atoms with van der Waals surface area (Å²) >= 11 is 5.95. The second-order valence-electron chi connectivity index (χ2n) is 6.31. The number of carbonyl (C=O) groups is 1. The highest BCUT2D eigenvalue weighted by atomic mass is 35.5. The molecular weight excluding hydrogens is 346 g/mol. The number of nitrogens with one attached hydrogen (secondary N) is 1. The Morgan fingerprint density at radius 1 is 1.04 bits per heavy atom. The molecule has 0 saturated carbocycles. The van der Waals surface area contributed by atoms with Crippen LogP contribution in [0.15, 0.2) is 66.9 Å². The highest BCUT2D eigenvalue weighted by molar-refractivity contribution is 6.30. The second-order valence-corrected chi connectivity index (χ2v) is 6.75. The second kappa shape index (κ2) is 7.18. The van der Waals surface area contributed by atoms with Crippen LogP contribution in [0.1, 0.15) is 21.5 Å². The Morgan fingerprint density at radius 3 is 2.65 bits per heavy atom. The van der Waals surface area contributed by atoms with E-state index in [9.17, 15) is 4.79 Å². The van der Waals surface area contributed by atoms with Crippen LogP contribution >= 0.6 is 11.6 Å². The minimum Gasteiger partial charge on any atom is -0.352 e. The van der Waals surface area contributed by atoms with Gasteiger partial charge in [-0.05, 0) is 47.9 Å². The van der Waals surface area contributed by atoms with Gasteiger partial charge in [0.05, 0.1) is 5.56 Å². The van der Waals surface area contributed by atoms with Crippen LogP contribution in [0, 0.1) is 0 Å². The number of hydrogen-bond donors (Lipinski definition) is 1. The first-order chi connectivity index (χ1) is 12.7. The van der Waals surface area contributed by atoms with Gasteiger partial charge in [-0.1, -0.05) is 41.9 Å². The van der Waals surface area contributed by atoms with Crippen LogP contribution < -0.4 is 10.2 Å². The van der Waals surface area contributed by atoms with E-state index in [1.54, 1.807) is 30.5 Å². The summed E-state index contributed by atoms with van der Waals surface area (Å²) < 4.78 is 0. The van der Waals surface area contributed by atoms with Crippen LogP contribution in [0.2, 0.25) is 5.02 Å². The molecule has 130 valence electrons. The predicted octanol–water partition coefficient (Wildman–Crippen LogP) is 4.55. The summed E-state index contributed by atoms with van der Waals surface area (Å²) in [4.78, 5) is 19.1. The Labute approximate surface area is 157 Å². The zero-order valence-corrected chi connectivity index (χ0v) is 14.9. The van der Waals surface area contributed by atoms with E-state index in [4.69, 9.17) is 11.6 Å². The van der Waals surface area contributed by atoms with Gasteiger partial charge in [0.2, 0.25) is 0 Å². The van der Waals surface area contributed by atoms with Gasteiger partial charge in [0.15, 0.2) is 0 Å². The number of rotatable bonds is 3. The molecule has 0 atom stereocenters. The predicted molar refractivity (Wildman–Crippen MR) is 105 cm³/mol. The Hall–Kier alpha value is -2.85. The average Bonchev–Trinajstić information content (AvgIpc) is 2.68. The molecule has 1 aliphatic heterocycles. The summed E-state index contributed by atoms with van der Waals surface area (Å²) in [5, 5.41) is 3.42. The van der Waals surface area contributed by atoms with Gasteiger partial charge < -0.3 is 10.2 Å². The zero-order valence-electron chi connectivity index (χ0n) is 14.2. The third-order valence-corrected chi connectivity index (χ3v) is 4.78. The maximum Gasteiger partial charge on any atom is 0.257 e. The summed E-state index contributed by atoms with van der Waals surface area (Å²) in [5.41, 5.74) is 3.93. The van der Waals surface area contributed by atoms with Gasteiger partial charge in [0, 0.05) is 30.0 Å². The summed E-state index contributed by atoms with van der Waals surface area (Å²) in [6, 6.07) is 19.3. The number of amides is 1. The van der Waals surface area contributed by atoms with Crippen molar-refractivity contribution in [2.24, 2.45) is 0 Å². The highest BCUT2D eigenvalue weighted by Crippen LogP contribution is 2.23. The number of pyridine rings is 1. The summed E-state index contributed by atoms with van der Waals surface area (Å²) in [5.74, 6) is 0.689. The van der Waals surface area contributed by atoms with Crippen molar-refractivity contribution in [3.63, 3.8) is 0 Å². The van der Waals surface area contributed by atoms with Crippen molar-refractivity contribution in [1.29, 1.82) is 0 Å². The van der Waals surface area contributed by atoms with E-state index in [2.05, 4.69) is 39.5 Å². The molecule has 2 heterocycles. The number of carbonyl (C=O) groups excluding carboxylic acids is 1. The molecule has 0 bridgehead atoms. The third-order valence-electron chi connectivity index (χ3n) is 4.55. The van der Waals surface area contributed by atoms with E-state index in [0.717, 1.165) is 25.3 Å². The number of halogens is 1. The number of hydrogen-bond acceptors (Lipinski definition) is 3. The number of benzene rings is 2. The first kappa shape index (κ1) is 16.6. The van der Waals surface area contributed by atoms with Gasteiger partial charge in [-0.25, -0.2) is 4.98 Å². The number of anilines is 2. The van der Waals surface area contributed by atoms with Gasteiger partial charge in [0.1, 0.15) is 5.82 Å². The Kier molecular flexibility index (Phi) is 4.59. The summed E-state index contributed by atoms with van der Waals surface area (Å²) in [6.07, 6.45) is 2.63. The van der Waals surface area contributed by atoms with Crippen LogP contribution in [0.25, 0.3) is 0 Å². The molecule has 1 amide bonds. The van der Waals surface area contributed by atoms with Gasteiger partial charge in [-0.2, -0.15) is 0 Å². The largest absolute Gasteiger partial charge is 0.352 e. The van der Waals surface area contributed by atoms with Crippen LogP contribution in [0.4, 0.5) is 11.5 Å². The Balaban J connectivity index is 1.46. The van der Waals surface area contributed by atoms with E-state index in [1.807, 2.05) is 12.1 Å². The van der Waals surface area contributed by atoms with Gasteiger partial charge in [-0.3, -0.25) is 4.79 Å². The molecule has 0 unspecified atom stereocenters. The molecule has 5 heteroatoms. The number of fused-ring (bicyclic) bond motifs is 1. The Bertz CT molecular complexity index is 940. The molecule has 0 radical (unpaired) electrons. The molecule has 0 fully saturated rings. The molecule has 0 aliphatic carbocycles. The third kappa shape index (κ3) is 3.55. The topological polar surface area (TPSA) is 45.2 Å².